The molecular formula is C30H24ClNO4S. The van der Waals surface area contributed by atoms with Crippen molar-refractivity contribution in [3.05, 3.63) is 144 Å². The molecule has 0 N–H and O–H groups in total. The third kappa shape index (κ3) is 5.92. The molecule has 0 amide bonds. The van der Waals surface area contributed by atoms with Crippen molar-refractivity contribution in [3.8, 4) is 0 Å². The number of benzene rings is 4. The molecule has 0 radical (unpaired) electrons. The largest absolute Gasteiger partial charge is 0.345 e. The monoisotopic (exact) mass is 529 g/mol. The van der Waals surface area contributed by atoms with Gasteiger partial charge >= 0.3 is 0 Å². The highest BCUT2D eigenvalue weighted by Crippen LogP contribution is 2.45. The first-order valence-corrected chi connectivity index (χ1v) is 13.9. The molecule has 0 aromatic heterocycles. The molecule has 4 aromatic carbocycles. The summed E-state index contributed by atoms with van der Waals surface area (Å²) >= 11 is 0. The molecule has 0 bridgehead atoms. The summed E-state index contributed by atoms with van der Waals surface area (Å²) in [5, 5.41) is 0. The zero-order valence-corrected chi connectivity index (χ0v) is 21.6. The predicted molar refractivity (Wildman–Crippen MR) is 143 cm³/mol. The van der Waals surface area contributed by atoms with Crippen molar-refractivity contribution in [2.45, 2.75) is 0 Å². The highest BCUT2D eigenvalue weighted by atomic mass is 35.7. The Kier molecular flexibility index (Phi) is 7.39. The van der Waals surface area contributed by atoms with Crippen LogP contribution in [0.15, 0.2) is 127 Å². The lowest BCUT2D eigenvalue weighted by molar-refractivity contribution is -1.91. The minimum atomic E-state index is -4.65. The average Bonchev–Trinajstić information content (AvgIpc) is 2.93. The van der Waals surface area contributed by atoms with Crippen molar-refractivity contribution in [3.63, 3.8) is 0 Å². The van der Waals surface area contributed by atoms with Gasteiger partial charge in [-0.2, -0.15) is 14.0 Å². The Hall–Kier alpha value is -3.49. The first-order chi connectivity index (χ1) is 17.9. The summed E-state index contributed by atoms with van der Waals surface area (Å²) in [7, 11) is -4.08. The van der Waals surface area contributed by atoms with Crippen LogP contribution in [0.4, 0.5) is 11.4 Å². The fraction of sp³-hybridized carbons (Fsp3) is 0.0333. The second-order valence-corrected chi connectivity index (χ2v) is 11.0. The number of nitrogens with zero attached hydrogens (tertiary/aromatic N) is 1. The van der Waals surface area contributed by atoms with E-state index < -0.39 is 21.0 Å². The van der Waals surface area contributed by atoms with Gasteiger partial charge in [-0.05, 0) is 58.7 Å². The third-order valence-electron chi connectivity index (χ3n) is 5.96. The fourth-order valence-corrected chi connectivity index (χ4v) is 6.69. The molecule has 0 saturated heterocycles. The van der Waals surface area contributed by atoms with Gasteiger partial charge < -0.3 is 4.90 Å². The van der Waals surface area contributed by atoms with Gasteiger partial charge in [0.15, 0.2) is 0 Å². The Morgan fingerprint density at radius 2 is 1.11 bits per heavy atom. The summed E-state index contributed by atoms with van der Waals surface area (Å²) in [5.74, 6) is 0. The van der Waals surface area contributed by atoms with Gasteiger partial charge in [0.05, 0.1) is 20.0 Å². The van der Waals surface area contributed by atoms with Crippen LogP contribution in [0.25, 0.3) is 10.5 Å². The summed E-state index contributed by atoms with van der Waals surface area (Å²) < 4.78 is 40.4. The topological polar surface area (TPSA) is 81.7 Å². The van der Waals surface area contributed by atoms with Crippen LogP contribution in [0.3, 0.4) is 0 Å². The van der Waals surface area contributed by atoms with Crippen molar-refractivity contribution in [1.82, 2.24) is 0 Å². The van der Waals surface area contributed by atoms with Crippen molar-refractivity contribution in [2.75, 3.05) is 11.9 Å². The SMILES string of the molecule is CN(c1ccccc1)c1ccc(C2=CC(c3ccccc3)=S(O[Cl+3]([O-])([O-])[O-])C(c3ccccc3)=C2)cc1. The Morgan fingerprint density at radius 1 is 0.595 bits per heavy atom. The Balaban J connectivity index is 1.62. The van der Waals surface area contributed by atoms with E-state index in [2.05, 4.69) is 17.0 Å². The van der Waals surface area contributed by atoms with Crippen molar-refractivity contribution in [1.29, 1.82) is 0 Å². The van der Waals surface area contributed by atoms with E-state index in [1.807, 2.05) is 122 Å². The molecule has 0 saturated carbocycles. The van der Waals surface area contributed by atoms with Gasteiger partial charge in [0, 0.05) is 18.4 Å². The van der Waals surface area contributed by atoms with E-state index in [0.717, 1.165) is 33.6 Å². The molecule has 0 spiro atoms. The van der Waals surface area contributed by atoms with Crippen molar-refractivity contribution < 1.29 is 28.0 Å². The second-order valence-electron chi connectivity index (χ2n) is 8.36. The smallest absolute Gasteiger partial charge is 0.148 e. The van der Waals surface area contributed by atoms with Gasteiger partial charge in [-0.3, -0.25) is 0 Å². The summed E-state index contributed by atoms with van der Waals surface area (Å²) in [4.78, 5) is 3.35. The summed E-state index contributed by atoms with van der Waals surface area (Å²) in [6.45, 7) is 0. The van der Waals surface area contributed by atoms with Gasteiger partial charge in [-0.25, -0.2) is 0 Å². The zero-order valence-electron chi connectivity index (χ0n) is 20.0. The molecule has 1 aliphatic rings. The van der Waals surface area contributed by atoms with E-state index in [9.17, 15) is 14.0 Å². The van der Waals surface area contributed by atoms with Crippen LogP contribution < -0.4 is 18.9 Å². The normalized spacial score (nSPS) is 15.7. The van der Waals surface area contributed by atoms with Gasteiger partial charge in [0.2, 0.25) is 0 Å². The molecule has 186 valence electrons. The minimum absolute atomic E-state index is 0.620. The molecular weight excluding hydrogens is 506 g/mol. The molecule has 7 heteroatoms. The average molecular weight is 530 g/mol. The second kappa shape index (κ2) is 10.9. The van der Waals surface area contributed by atoms with E-state index in [4.69, 9.17) is 3.74 Å². The summed E-state index contributed by atoms with van der Waals surface area (Å²) in [6, 6.07) is 37.1. The maximum atomic E-state index is 11.8. The van der Waals surface area contributed by atoms with Crippen LogP contribution in [-0.2, 0) is 3.74 Å². The van der Waals surface area contributed by atoms with Crippen LogP contribution in [0.1, 0.15) is 16.7 Å². The lowest BCUT2D eigenvalue weighted by Crippen LogP contribution is -2.60. The quantitative estimate of drug-likeness (QED) is 0.335. The zero-order chi connectivity index (χ0) is 25.8. The number of allylic oxidation sites excluding steroid dienone is 3. The Bertz CT molecular complexity index is 1460. The van der Waals surface area contributed by atoms with Crippen LogP contribution in [0.5, 0.6) is 0 Å². The number of hydrogen-bond acceptors (Lipinski definition) is 5. The van der Waals surface area contributed by atoms with Crippen LogP contribution in [0, 0.1) is 10.2 Å². The third-order valence-corrected chi connectivity index (χ3v) is 8.59. The summed E-state index contributed by atoms with van der Waals surface area (Å²) in [5.41, 5.74) is 5.52. The standard InChI is InChI=1S/C30H24ClNO4S/c1-32(27-15-9-4-10-16-27)28-19-17-23(18-20-28)26-21-29(24-11-5-2-6-12-24)37(36-31(33,34)35)30(22-26)25-13-7-3-8-14-25/h2-22H,1H3. The van der Waals surface area contributed by atoms with Crippen LogP contribution in [0.2, 0.25) is 0 Å². The number of hydrogen-bond donors (Lipinski definition) is 0. The first kappa shape index (κ1) is 25.2. The Labute approximate surface area is 221 Å². The molecule has 37 heavy (non-hydrogen) atoms. The van der Waals surface area contributed by atoms with E-state index in [1.54, 1.807) is 0 Å². The Morgan fingerprint density at radius 3 is 1.68 bits per heavy atom. The molecule has 0 fully saturated rings. The molecule has 0 aliphatic carbocycles. The molecule has 1 atom stereocenters. The molecule has 1 unspecified atom stereocenters. The molecule has 1 heterocycles. The number of halogens is 1. The maximum Gasteiger partial charge on any atom is 0.148 e. The molecule has 4 aromatic rings. The molecule has 5 nitrogen and oxygen atoms in total. The van der Waals surface area contributed by atoms with Crippen molar-refractivity contribution in [2.24, 2.45) is 0 Å². The lowest BCUT2D eigenvalue weighted by Gasteiger charge is -2.22. The number of rotatable bonds is 7. The van der Waals surface area contributed by atoms with E-state index in [-0.39, 0.29) is 0 Å². The van der Waals surface area contributed by atoms with Gasteiger partial charge in [0.1, 0.15) is 14.5 Å². The number of anilines is 2. The predicted octanol–water partition coefficient (Wildman–Crippen LogP) is 4.21. The lowest BCUT2D eigenvalue weighted by atomic mass is 10.00. The maximum absolute atomic E-state index is 11.8. The fourth-order valence-electron chi connectivity index (χ4n) is 4.13. The minimum Gasteiger partial charge on any atom is -0.345 e. The van der Waals surface area contributed by atoms with Gasteiger partial charge in [-0.1, -0.05) is 91.0 Å². The summed E-state index contributed by atoms with van der Waals surface area (Å²) in [6.07, 6.45) is 3.81. The molecule has 1 aliphatic heterocycles. The van der Waals surface area contributed by atoms with Crippen LogP contribution in [-0.4, -0.2) is 11.9 Å². The highest BCUT2D eigenvalue weighted by molar-refractivity contribution is 8.20. The number of para-hydroxylation sites is 1. The van der Waals surface area contributed by atoms with Gasteiger partial charge in [-0.15, -0.1) is 0 Å². The van der Waals surface area contributed by atoms with Crippen molar-refractivity contribution >= 4 is 37.5 Å². The van der Waals surface area contributed by atoms with E-state index >= 15 is 0 Å². The molecule has 5 rings (SSSR count). The van der Waals surface area contributed by atoms with E-state index in [0.29, 0.717) is 9.77 Å². The van der Waals surface area contributed by atoms with E-state index in [1.165, 1.54) is 0 Å². The van der Waals surface area contributed by atoms with Gasteiger partial charge in [0.25, 0.3) is 0 Å². The highest BCUT2D eigenvalue weighted by Gasteiger charge is 2.31. The van der Waals surface area contributed by atoms with Crippen LogP contribution >= 0.6 is 10.8 Å². The first-order valence-electron chi connectivity index (χ1n) is 11.5.